The quantitative estimate of drug-likeness (QED) is 0.363. The lowest BCUT2D eigenvalue weighted by Gasteiger charge is -2.34. The van der Waals surface area contributed by atoms with E-state index in [9.17, 15) is 0 Å². The molecule has 1 aliphatic carbocycles. The van der Waals surface area contributed by atoms with Crippen LogP contribution in [0.15, 0.2) is 30.6 Å². The Bertz CT molecular complexity index is 1070. The SMILES string of the molecule is CSON1c2ccnc(Nc3cc(C4CC(COc5nnccc5C(C)C)C4)[nH]n3)c21. The number of nitrogens with one attached hydrogen (secondary N) is 2. The highest BCUT2D eigenvalue weighted by molar-refractivity contribution is 7.94. The van der Waals surface area contributed by atoms with Crippen LogP contribution in [0, 0.1) is 5.92 Å². The monoisotopic (exact) mass is 439 g/mol. The van der Waals surface area contributed by atoms with Crippen molar-refractivity contribution in [3.8, 4) is 5.88 Å². The average Bonchev–Trinajstić information content (AvgIpc) is 3.25. The summed E-state index contributed by atoms with van der Waals surface area (Å²) in [6.45, 7) is 4.94. The number of fused-ring (bicyclic) bond motifs is 1. The molecular formula is C21H25N7O2S. The van der Waals surface area contributed by atoms with Gasteiger partial charge in [0.05, 0.1) is 12.8 Å². The van der Waals surface area contributed by atoms with Crippen LogP contribution in [0.2, 0.25) is 0 Å². The third-order valence-corrected chi connectivity index (χ3v) is 6.04. The molecular weight excluding hydrogens is 414 g/mol. The Morgan fingerprint density at radius 2 is 2.16 bits per heavy atom. The molecule has 4 heterocycles. The number of aromatic amines is 1. The zero-order valence-corrected chi connectivity index (χ0v) is 18.5. The minimum Gasteiger partial charge on any atom is -0.476 e. The first kappa shape index (κ1) is 20.1. The molecule has 3 aromatic heterocycles. The standard InChI is InChI=1S/C21H25N7O2S/c1-12(2)15-4-7-23-27-21(15)29-11-13-8-14(9-13)16-10-18(26-25-16)24-20-19-17(5-6-22-20)28(19)30-31-3/h4-7,10,12-14H,8-9,11H2,1-3H3,(H2,22,24,25,26). The van der Waals surface area contributed by atoms with Gasteiger partial charge in [-0.15, -0.1) is 5.10 Å². The van der Waals surface area contributed by atoms with Crippen LogP contribution in [0.3, 0.4) is 0 Å². The van der Waals surface area contributed by atoms with Crippen LogP contribution in [0.4, 0.5) is 23.0 Å². The molecule has 0 aromatic carbocycles. The molecule has 3 aromatic rings. The maximum Gasteiger partial charge on any atom is 0.236 e. The summed E-state index contributed by atoms with van der Waals surface area (Å²) in [7, 11) is 0. The van der Waals surface area contributed by atoms with Gasteiger partial charge in [-0.05, 0) is 36.8 Å². The van der Waals surface area contributed by atoms with Crippen LogP contribution in [-0.4, -0.2) is 38.2 Å². The van der Waals surface area contributed by atoms with Crippen molar-refractivity contribution in [2.75, 3.05) is 23.2 Å². The predicted octanol–water partition coefficient (Wildman–Crippen LogP) is 4.70. The molecule has 0 unspecified atom stereocenters. The van der Waals surface area contributed by atoms with E-state index in [1.165, 1.54) is 12.0 Å². The van der Waals surface area contributed by atoms with Crippen LogP contribution >= 0.6 is 12.0 Å². The number of H-pyrrole nitrogens is 1. The summed E-state index contributed by atoms with van der Waals surface area (Å²) in [6.07, 6.45) is 7.48. The molecule has 0 amide bonds. The van der Waals surface area contributed by atoms with Crippen molar-refractivity contribution < 1.29 is 9.02 Å². The van der Waals surface area contributed by atoms with Crippen LogP contribution < -0.4 is 15.1 Å². The van der Waals surface area contributed by atoms with Crippen molar-refractivity contribution >= 4 is 35.1 Å². The average molecular weight is 440 g/mol. The normalized spacial score (nSPS) is 19.2. The summed E-state index contributed by atoms with van der Waals surface area (Å²) in [5.74, 6) is 3.49. The molecule has 1 saturated carbocycles. The van der Waals surface area contributed by atoms with Gasteiger partial charge in [0.2, 0.25) is 5.88 Å². The second kappa shape index (κ2) is 8.35. The lowest BCUT2D eigenvalue weighted by Crippen LogP contribution is -2.27. The van der Waals surface area contributed by atoms with E-state index in [1.54, 1.807) is 17.5 Å². The van der Waals surface area contributed by atoms with Gasteiger partial charge in [-0.2, -0.15) is 14.5 Å². The Balaban J connectivity index is 1.14. The van der Waals surface area contributed by atoms with E-state index in [4.69, 9.17) is 9.02 Å². The van der Waals surface area contributed by atoms with E-state index >= 15 is 0 Å². The fourth-order valence-corrected chi connectivity index (χ4v) is 4.25. The Kier molecular flexibility index (Phi) is 5.41. The number of rotatable bonds is 9. The van der Waals surface area contributed by atoms with E-state index in [0.29, 0.717) is 30.2 Å². The summed E-state index contributed by atoms with van der Waals surface area (Å²) in [6, 6.07) is 5.97. The van der Waals surface area contributed by atoms with Crippen molar-refractivity contribution in [1.29, 1.82) is 0 Å². The molecule has 31 heavy (non-hydrogen) atoms. The third-order valence-electron chi connectivity index (χ3n) is 5.74. The molecule has 0 saturated heterocycles. The first-order chi connectivity index (χ1) is 15.1. The lowest BCUT2D eigenvalue weighted by atomic mass is 9.74. The molecule has 0 bridgehead atoms. The zero-order chi connectivity index (χ0) is 21.4. The van der Waals surface area contributed by atoms with Gasteiger partial charge >= 0.3 is 0 Å². The summed E-state index contributed by atoms with van der Waals surface area (Å²) in [5.41, 5.74) is 4.21. The van der Waals surface area contributed by atoms with Crippen LogP contribution in [0.1, 0.15) is 49.8 Å². The number of nitrogens with zero attached hydrogens (tertiary/aromatic N) is 5. The van der Waals surface area contributed by atoms with Crippen molar-refractivity contribution in [3.05, 3.63) is 41.9 Å². The number of pyridine rings is 1. The molecule has 9 nitrogen and oxygen atoms in total. The lowest BCUT2D eigenvalue weighted by molar-refractivity contribution is 0.150. The highest BCUT2D eigenvalue weighted by atomic mass is 32.2. The van der Waals surface area contributed by atoms with Gasteiger partial charge < -0.3 is 10.1 Å². The Morgan fingerprint density at radius 1 is 1.29 bits per heavy atom. The Hall–Kier alpha value is -2.85. The highest BCUT2D eigenvalue weighted by Crippen LogP contribution is 2.53. The number of hydrogen-bond donors (Lipinski definition) is 2. The number of anilines is 4. The molecule has 5 rings (SSSR count). The molecule has 1 fully saturated rings. The third kappa shape index (κ3) is 4.05. The van der Waals surface area contributed by atoms with E-state index in [0.717, 1.165) is 47.1 Å². The van der Waals surface area contributed by atoms with E-state index in [-0.39, 0.29) is 0 Å². The number of hydrogen-bond acceptors (Lipinski definition) is 9. The summed E-state index contributed by atoms with van der Waals surface area (Å²) in [5, 5.41) is 20.7. The molecule has 0 atom stereocenters. The van der Waals surface area contributed by atoms with E-state index in [2.05, 4.69) is 50.6 Å². The van der Waals surface area contributed by atoms with Gasteiger partial charge in [-0.3, -0.25) is 5.10 Å². The Morgan fingerprint density at radius 3 is 2.97 bits per heavy atom. The van der Waals surface area contributed by atoms with Gasteiger partial charge in [0, 0.05) is 47.7 Å². The molecule has 0 spiro atoms. The second-order valence-corrected chi connectivity index (χ2v) is 8.67. The van der Waals surface area contributed by atoms with Crippen molar-refractivity contribution in [3.63, 3.8) is 0 Å². The van der Waals surface area contributed by atoms with E-state index < -0.39 is 0 Å². The zero-order valence-electron chi connectivity index (χ0n) is 17.7. The summed E-state index contributed by atoms with van der Waals surface area (Å²) in [4.78, 5) is 4.41. The predicted molar refractivity (Wildman–Crippen MR) is 120 cm³/mol. The first-order valence-electron chi connectivity index (χ1n) is 10.4. The van der Waals surface area contributed by atoms with Crippen LogP contribution in [-0.2, 0) is 4.28 Å². The molecule has 2 aliphatic rings. The topological polar surface area (TPSA) is 101 Å². The molecule has 0 radical (unpaired) electrons. The molecule has 162 valence electrons. The number of aromatic nitrogens is 5. The van der Waals surface area contributed by atoms with Crippen LogP contribution in [0.5, 0.6) is 5.88 Å². The van der Waals surface area contributed by atoms with E-state index in [1.807, 2.05) is 18.4 Å². The molecule has 2 N–H and O–H groups in total. The highest BCUT2D eigenvalue weighted by Gasteiger charge is 2.36. The smallest absolute Gasteiger partial charge is 0.236 e. The van der Waals surface area contributed by atoms with Crippen molar-refractivity contribution in [1.82, 2.24) is 25.4 Å². The summed E-state index contributed by atoms with van der Waals surface area (Å²) >= 11 is 1.30. The van der Waals surface area contributed by atoms with Gasteiger partial charge in [0.1, 0.15) is 11.4 Å². The fourth-order valence-electron chi connectivity index (χ4n) is 3.95. The summed E-state index contributed by atoms with van der Waals surface area (Å²) < 4.78 is 11.5. The second-order valence-electron chi connectivity index (χ2n) is 8.19. The van der Waals surface area contributed by atoms with Gasteiger partial charge in [0.25, 0.3) is 0 Å². The molecule has 10 heteroatoms. The fraction of sp³-hybridized carbons (Fsp3) is 0.429. The minimum atomic E-state index is 0.363. The van der Waals surface area contributed by atoms with Gasteiger partial charge in [-0.25, -0.2) is 10.0 Å². The number of ether oxygens (including phenoxy) is 1. The van der Waals surface area contributed by atoms with Crippen LogP contribution in [0.25, 0.3) is 0 Å². The van der Waals surface area contributed by atoms with Crippen molar-refractivity contribution in [2.24, 2.45) is 5.92 Å². The largest absolute Gasteiger partial charge is 0.476 e. The van der Waals surface area contributed by atoms with Gasteiger partial charge in [0.15, 0.2) is 11.6 Å². The molecule has 1 aliphatic heterocycles. The maximum atomic E-state index is 5.98. The first-order valence-corrected chi connectivity index (χ1v) is 11.6. The Labute approximate surface area is 185 Å². The maximum absolute atomic E-state index is 5.98. The van der Waals surface area contributed by atoms with Crippen molar-refractivity contribution in [2.45, 2.75) is 38.5 Å². The van der Waals surface area contributed by atoms with Gasteiger partial charge in [-0.1, -0.05) is 13.8 Å². The minimum absolute atomic E-state index is 0.363.